The number of hydrogen-bond donors (Lipinski definition) is 3. The van der Waals surface area contributed by atoms with E-state index < -0.39 is 27.0 Å². The molecule has 0 atom stereocenters. The number of hydrogen-bond acceptors (Lipinski definition) is 4. The first kappa shape index (κ1) is 18.2. The van der Waals surface area contributed by atoms with Crippen LogP contribution in [0.5, 0.6) is 0 Å². The third-order valence-corrected chi connectivity index (χ3v) is 3.58. The average molecular weight is 336 g/mol. The molecule has 0 aromatic heterocycles. The Hall–Kier alpha value is -0.814. The number of benzene rings is 2. The van der Waals surface area contributed by atoms with E-state index in [0.29, 0.717) is 0 Å². The summed E-state index contributed by atoms with van der Waals surface area (Å²) in [6.07, 6.45) is 0. The molecular formula is C12H9KO7S. The fourth-order valence-corrected chi connectivity index (χ4v) is 2.54. The molecule has 0 fully saturated rings. The molecule has 2 aromatic carbocycles. The minimum absolute atomic E-state index is 0. The van der Waals surface area contributed by atoms with Crippen molar-refractivity contribution in [3.8, 4) is 0 Å². The number of aromatic carboxylic acids is 2. The molecular weight excluding hydrogens is 327 g/mol. The normalized spacial score (nSPS) is 10.9. The number of rotatable bonds is 3. The monoisotopic (exact) mass is 336 g/mol. The average Bonchev–Trinajstić information content (AvgIpc) is 2.35. The Morgan fingerprint density at radius 1 is 0.905 bits per heavy atom. The van der Waals surface area contributed by atoms with Gasteiger partial charge in [-0.3, -0.25) is 4.55 Å². The first-order valence-electron chi connectivity index (χ1n) is 5.22. The molecule has 0 bridgehead atoms. The summed E-state index contributed by atoms with van der Waals surface area (Å²) in [5, 5.41) is 17.9. The van der Waals surface area contributed by atoms with E-state index in [1.54, 1.807) is 0 Å². The van der Waals surface area contributed by atoms with Crippen molar-refractivity contribution >= 4 is 84.2 Å². The molecule has 2 aromatic rings. The first-order valence-corrected chi connectivity index (χ1v) is 6.66. The summed E-state index contributed by atoms with van der Waals surface area (Å²) >= 11 is 0. The van der Waals surface area contributed by atoms with Crippen LogP contribution in [0.25, 0.3) is 10.8 Å². The molecule has 0 saturated carbocycles. The Bertz CT molecular complexity index is 837. The van der Waals surface area contributed by atoms with Crippen molar-refractivity contribution in [1.29, 1.82) is 0 Å². The number of carboxylic acid groups (broad SMARTS) is 2. The van der Waals surface area contributed by atoms with Crippen LogP contribution in [-0.2, 0) is 10.1 Å². The second-order valence-corrected chi connectivity index (χ2v) is 5.39. The van der Waals surface area contributed by atoms with Gasteiger partial charge in [-0.15, -0.1) is 0 Å². The molecule has 106 valence electrons. The molecule has 2 rings (SSSR count). The van der Waals surface area contributed by atoms with Crippen LogP contribution in [0.15, 0.2) is 35.2 Å². The fourth-order valence-electron chi connectivity index (χ4n) is 1.80. The van der Waals surface area contributed by atoms with Gasteiger partial charge in [0.1, 0.15) is 4.90 Å². The Kier molecular flexibility index (Phi) is 5.67. The summed E-state index contributed by atoms with van der Waals surface area (Å²) in [5.41, 5.74) is -0.492. The molecule has 0 aliphatic rings. The Morgan fingerprint density at radius 3 is 1.90 bits per heavy atom. The maximum atomic E-state index is 11.3. The van der Waals surface area contributed by atoms with Crippen LogP contribution >= 0.6 is 0 Å². The van der Waals surface area contributed by atoms with Crippen molar-refractivity contribution in [2.24, 2.45) is 0 Å². The van der Waals surface area contributed by atoms with Crippen LogP contribution in [0.1, 0.15) is 20.7 Å². The zero-order valence-corrected chi connectivity index (χ0v) is 10.6. The molecule has 0 aliphatic carbocycles. The third-order valence-electron chi connectivity index (χ3n) is 2.69. The number of fused-ring (bicyclic) bond motifs is 1. The van der Waals surface area contributed by atoms with Gasteiger partial charge in [0.2, 0.25) is 0 Å². The molecule has 0 spiro atoms. The molecule has 0 amide bonds. The Balaban J connectivity index is 0.00000220. The summed E-state index contributed by atoms with van der Waals surface area (Å²) in [7, 11) is -4.63. The zero-order valence-electron chi connectivity index (χ0n) is 9.77. The Morgan fingerprint density at radius 2 is 1.43 bits per heavy atom. The molecule has 0 saturated heterocycles. The van der Waals surface area contributed by atoms with E-state index in [0.717, 1.165) is 18.2 Å². The van der Waals surface area contributed by atoms with Gasteiger partial charge in [0.25, 0.3) is 10.1 Å². The third kappa shape index (κ3) is 3.89. The SMILES string of the molecule is O=C(O)c1ccc2c(S(=O)(=O)O)cc(C(=O)O)cc2c1.[KH]. The topological polar surface area (TPSA) is 129 Å². The summed E-state index contributed by atoms with van der Waals surface area (Å²) in [5.74, 6) is -2.63. The maximum absolute atomic E-state index is 11.3. The van der Waals surface area contributed by atoms with E-state index in [2.05, 4.69) is 0 Å². The molecule has 0 aliphatic heterocycles. The van der Waals surface area contributed by atoms with Crippen molar-refractivity contribution in [2.75, 3.05) is 0 Å². The second-order valence-electron chi connectivity index (χ2n) is 4.00. The van der Waals surface area contributed by atoms with Gasteiger partial charge in [-0.25, -0.2) is 9.59 Å². The molecule has 3 N–H and O–H groups in total. The standard InChI is InChI=1S/C12H8O7S.K.H/c13-11(14)6-1-2-9-7(3-6)4-8(12(15)16)5-10(9)20(17,18)19;;/h1-5H,(H,13,14)(H,15,16)(H,17,18,19);;. The van der Waals surface area contributed by atoms with Crippen LogP contribution in [-0.4, -0.2) is 86.5 Å². The molecule has 9 heteroatoms. The van der Waals surface area contributed by atoms with Gasteiger partial charge < -0.3 is 10.2 Å². The van der Waals surface area contributed by atoms with Gasteiger partial charge in [0, 0.05) is 5.39 Å². The van der Waals surface area contributed by atoms with Crippen molar-refractivity contribution in [2.45, 2.75) is 4.90 Å². The predicted molar refractivity (Wildman–Crippen MR) is 74.8 cm³/mol. The summed E-state index contributed by atoms with van der Waals surface area (Å²) in [6.45, 7) is 0. The van der Waals surface area contributed by atoms with E-state index in [-0.39, 0.29) is 73.3 Å². The van der Waals surface area contributed by atoms with E-state index in [1.165, 1.54) is 12.1 Å². The molecule has 21 heavy (non-hydrogen) atoms. The van der Waals surface area contributed by atoms with E-state index in [4.69, 9.17) is 14.8 Å². The van der Waals surface area contributed by atoms with Crippen molar-refractivity contribution in [3.05, 3.63) is 41.5 Å². The van der Waals surface area contributed by atoms with Gasteiger partial charge in [0.05, 0.1) is 11.1 Å². The predicted octanol–water partition coefficient (Wildman–Crippen LogP) is 0.834. The van der Waals surface area contributed by atoms with Gasteiger partial charge in [-0.05, 0) is 29.7 Å². The van der Waals surface area contributed by atoms with Gasteiger partial charge in [-0.1, -0.05) is 6.07 Å². The molecule has 7 nitrogen and oxygen atoms in total. The van der Waals surface area contributed by atoms with Crippen LogP contribution in [0.3, 0.4) is 0 Å². The number of carboxylic acids is 2. The van der Waals surface area contributed by atoms with Gasteiger partial charge in [-0.2, -0.15) is 8.42 Å². The first-order chi connectivity index (χ1) is 9.20. The molecule has 0 heterocycles. The van der Waals surface area contributed by atoms with Crippen molar-refractivity contribution in [3.63, 3.8) is 0 Å². The number of carbonyl (C=O) groups is 2. The van der Waals surface area contributed by atoms with E-state index in [9.17, 15) is 18.0 Å². The summed E-state index contributed by atoms with van der Waals surface area (Å²) in [6, 6.07) is 5.46. The van der Waals surface area contributed by atoms with Crippen molar-refractivity contribution in [1.82, 2.24) is 0 Å². The zero-order chi connectivity index (χ0) is 15.1. The van der Waals surface area contributed by atoms with E-state index >= 15 is 0 Å². The summed E-state index contributed by atoms with van der Waals surface area (Å²) in [4.78, 5) is 21.2. The van der Waals surface area contributed by atoms with Gasteiger partial charge >= 0.3 is 63.3 Å². The fraction of sp³-hybridized carbons (Fsp3) is 0. The summed E-state index contributed by atoms with van der Waals surface area (Å²) < 4.78 is 31.7. The van der Waals surface area contributed by atoms with Crippen LogP contribution in [0.2, 0.25) is 0 Å². The second kappa shape index (κ2) is 6.52. The van der Waals surface area contributed by atoms with Gasteiger partial charge in [0.15, 0.2) is 0 Å². The molecule has 0 radical (unpaired) electrons. The van der Waals surface area contributed by atoms with Crippen LogP contribution in [0.4, 0.5) is 0 Å². The minimum atomic E-state index is -4.63. The Labute approximate surface area is 161 Å². The van der Waals surface area contributed by atoms with E-state index in [1.807, 2.05) is 0 Å². The van der Waals surface area contributed by atoms with Crippen LogP contribution < -0.4 is 0 Å². The molecule has 0 unspecified atom stereocenters. The van der Waals surface area contributed by atoms with Crippen LogP contribution in [0, 0.1) is 0 Å². The quantitative estimate of drug-likeness (QED) is 0.559. The van der Waals surface area contributed by atoms with Crippen molar-refractivity contribution < 1.29 is 32.8 Å².